The van der Waals surface area contributed by atoms with Gasteiger partial charge in [-0.15, -0.1) is 0 Å². The summed E-state index contributed by atoms with van der Waals surface area (Å²) in [5, 5.41) is 3.32. The smallest absolute Gasteiger partial charge is 0.200 e. The second-order valence-corrected chi connectivity index (χ2v) is 8.17. The van der Waals surface area contributed by atoms with Gasteiger partial charge < -0.3 is 20.8 Å². The number of nitrogens with one attached hydrogen (secondary N) is 2. The number of carbonyl (C=O) groups is 1. The number of carbonyl (C=O) groups excluding carboxylic acids is 1. The maximum Gasteiger partial charge on any atom is 0.200 e. The van der Waals surface area contributed by atoms with E-state index in [1.807, 2.05) is 54.6 Å². The van der Waals surface area contributed by atoms with Crippen LogP contribution in [0.5, 0.6) is 5.75 Å². The van der Waals surface area contributed by atoms with E-state index in [9.17, 15) is 4.79 Å². The van der Waals surface area contributed by atoms with Crippen LogP contribution in [0.2, 0.25) is 0 Å². The van der Waals surface area contributed by atoms with Crippen molar-refractivity contribution in [2.75, 3.05) is 11.1 Å². The van der Waals surface area contributed by atoms with Crippen molar-refractivity contribution in [1.29, 1.82) is 0 Å². The number of allylic oxidation sites excluding steroid dienone is 2. The molecule has 1 aliphatic carbocycles. The third-order valence-corrected chi connectivity index (χ3v) is 5.96. The minimum Gasteiger partial charge on any atom is -0.489 e. The lowest BCUT2D eigenvalue weighted by Crippen LogP contribution is -2.28. The summed E-state index contributed by atoms with van der Waals surface area (Å²) in [4.78, 5) is 20.3. The molecule has 1 aliphatic heterocycles. The largest absolute Gasteiger partial charge is 0.489 e. The van der Waals surface area contributed by atoms with E-state index in [2.05, 4.69) is 15.3 Å². The highest BCUT2D eigenvalue weighted by molar-refractivity contribution is 7.71. The number of aromatic amines is 1. The zero-order valence-corrected chi connectivity index (χ0v) is 17.7. The van der Waals surface area contributed by atoms with Gasteiger partial charge >= 0.3 is 0 Å². The summed E-state index contributed by atoms with van der Waals surface area (Å²) in [6, 6.07) is 17.9. The lowest BCUT2D eigenvalue weighted by Gasteiger charge is -2.33. The number of ketones is 1. The SMILES string of the molecule is Nc1[nH]c(=S)nc2c1C(c1ccc(OCc3ccccc3)cc1)C1=C(CCCC1=O)N2. The summed E-state index contributed by atoms with van der Waals surface area (Å²) in [5.74, 6) is 1.69. The number of benzene rings is 2. The monoisotopic (exact) mass is 430 g/mol. The number of nitrogens with two attached hydrogens (primary N) is 1. The molecule has 0 saturated carbocycles. The number of H-pyrrole nitrogens is 1. The molecule has 4 N–H and O–H groups in total. The average molecular weight is 431 g/mol. The molecule has 6 nitrogen and oxygen atoms in total. The minimum absolute atomic E-state index is 0.149. The Hall–Kier alpha value is -3.45. The van der Waals surface area contributed by atoms with E-state index < -0.39 is 0 Å². The maximum atomic E-state index is 12.9. The Bertz CT molecular complexity index is 1230. The molecule has 5 rings (SSSR count). The van der Waals surface area contributed by atoms with Gasteiger partial charge in [-0.3, -0.25) is 4.79 Å². The van der Waals surface area contributed by atoms with Crippen molar-refractivity contribution in [2.45, 2.75) is 31.8 Å². The maximum absolute atomic E-state index is 12.9. The number of anilines is 2. The van der Waals surface area contributed by atoms with Crippen LogP contribution in [0.4, 0.5) is 11.6 Å². The Labute approximate surface area is 185 Å². The van der Waals surface area contributed by atoms with Crippen LogP contribution in [0.25, 0.3) is 0 Å². The van der Waals surface area contributed by atoms with Crippen LogP contribution in [-0.4, -0.2) is 15.8 Å². The van der Waals surface area contributed by atoms with Crippen molar-refractivity contribution in [3.63, 3.8) is 0 Å². The lowest BCUT2D eigenvalue weighted by molar-refractivity contribution is -0.116. The predicted molar refractivity (Wildman–Crippen MR) is 122 cm³/mol. The van der Waals surface area contributed by atoms with E-state index in [1.54, 1.807) is 0 Å². The van der Waals surface area contributed by atoms with Crippen molar-refractivity contribution >= 4 is 29.6 Å². The lowest BCUT2D eigenvalue weighted by atomic mass is 9.76. The Morgan fingerprint density at radius 2 is 1.87 bits per heavy atom. The zero-order chi connectivity index (χ0) is 21.4. The Kier molecular flexibility index (Phi) is 5.03. The summed E-state index contributed by atoms with van der Waals surface area (Å²) in [6.07, 6.45) is 2.18. The molecule has 0 radical (unpaired) electrons. The van der Waals surface area contributed by atoms with Gasteiger partial charge in [-0.1, -0.05) is 42.5 Å². The first kappa shape index (κ1) is 19.5. The molecule has 0 fully saturated rings. The van der Waals surface area contributed by atoms with E-state index in [0.29, 0.717) is 29.4 Å². The van der Waals surface area contributed by atoms with E-state index in [1.165, 1.54) is 0 Å². The van der Waals surface area contributed by atoms with Crippen LogP contribution >= 0.6 is 12.2 Å². The first-order valence-corrected chi connectivity index (χ1v) is 10.7. The number of hydrogen-bond acceptors (Lipinski definition) is 6. The van der Waals surface area contributed by atoms with Gasteiger partial charge in [-0.25, -0.2) is 4.98 Å². The van der Waals surface area contributed by atoms with Crippen molar-refractivity contribution < 1.29 is 9.53 Å². The molecule has 0 bridgehead atoms. The van der Waals surface area contributed by atoms with Crippen molar-refractivity contribution in [2.24, 2.45) is 0 Å². The molecule has 2 aromatic carbocycles. The number of ether oxygens (including phenoxy) is 1. The zero-order valence-electron chi connectivity index (χ0n) is 16.9. The van der Waals surface area contributed by atoms with E-state index in [4.69, 9.17) is 22.7 Å². The summed E-state index contributed by atoms with van der Waals surface area (Å²) in [7, 11) is 0. The Morgan fingerprint density at radius 3 is 2.65 bits per heavy atom. The minimum atomic E-state index is -0.290. The standard InChI is InChI=1S/C24H22N4O2S/c25-22-21-19(15-9-11-16(12-10-15)30-13-14-5-2-1-3-6-14)20-17(7-4-8-18(20)29)26-23(21)28-24(31)27-22/h1-3,5-6,9-12,19H,4,7-8,13H2,(H4,25,26,27,28,31). The molecule has 7 heteroatoms. The number of fused-ring (bicyclic) bond motifs is 1. The highest BCUT2D eigenvalue weighted by Gasteiger charge is 2.37. The molecule has 156 valence electrons. The Morgan fingerprint density at radius 1 is 1.10 bits per heavy atom. The third kappa shape index (κ3) is 3.72. The molecule has 1 atom stereocenters. The van der Waals surface area contributed by atoms with Gasteiger partial charge in [-0.05, 0) is 48.3 Å². The van der Waals surface area contributed by atoms with E-state index in [-0.39, 0.29) is 11.7 Å². The second kappa shape index (κ2) is 8.00. The van der Waals surface area contributed by atoms with Crippen LogP contribution in [0.3, 0.4) is 0 Å². The van der Waals surface area contributed by atoms with Gasteiger partial charge in [0.05, 0.1) is 0 Å². The summed E-state index contributed by atoms with van der Waals surface area (Å²) in [6.45, 7) is 0.498. The number of nitrogen functional groups attached to an aromatic ring is 1. The van der Waals surface area contributed by atoms with Crippen LogP contribution < -0.4 is 15.8 Å². The van der Waals surface area contributed by atoms with Crippen LogP contribution in [-0.2, 0) is 11.4 Å². The normalized spacial score (nSPS) is 17.5. The van der Waals surface area contributed by atoms with Gasteiger partial charge in [0.1, 0.15) is 24.0 Å². The van der Waals surface area contributed by atoms with Gasteiger partial charge in [0.2, 0.25) is 0 Å². The van der Waals surface area contributed by atoms with E-state index in [0.717, 1.165) is 46.6 Å². The molecule has 2 aliphatic rings. The molecule has 0 saturated heterocycles. The topological polar surface area (TPSA) is 93.0 Å². The quantitative estimate of drug-likeness (QED) is 0.512. The fraction of sp³-hybridized carbons (Fsp3) is 0.208. The second-order valence-electron chi connectivity index (χ2n) is 7.79. The van der Waals surface area contributed by atoms with Gasteiger partial charge in [-0.2, -0.15) is 0 Å². The van der Waals surface area contributed by atoms with Crippen LogP contribution in [0, 0.1) is 4.77 Å². The molecule has 1 unspecified atom stereocenters. The number of rotatable bonds is 4. The fourth-order valence-corrected chi connectivity index (χ4v) is 4.53. The van der Waals surface area contributed by atoms with Crippen molar-refractivity contribution in [1.82, 2.24) is 9.97 Å². The molecule has 1 aromatic heterocycles. The molecule has 0 spiro atoms. The summed E-state index contributed by atoms with van der Waals surface area (Å²) in [5.41, 5.74) is 10.9. The summed E-state index contributed by atoms with van der Waals surface area (Å²) < 4.78 is 6.24. The van der Waals surface area contributed by atoms with Crippen LogP contribution in [0.15, 0.2) is 65.9 Å². The number of nitrogens with zero attached hydrogens (tertiary/aromatic N) is 1. The molecule has 2 heterocycles. The van der Waals surface area contributed by atoms with Gasteiger partial charge in [0, 0.05) is 29.2 Å². The predicted octanol–water partition coefficient (Wildman–Crippen LogP) is 4.86. The first-order valence-electron chi connectivity index (χ1n) is 10.3. The highest BCUT2D eigenvalue weighted by atomic mass is 32.1. The van der Waals surface area contributed by atoms with Gasteiger partial charge in [0.15, 0.2) is 10.6 Å². The molecule has 31 heavy (non-hydrogen) atoms. The van der Waals surface area contributed by atoms with Crippen molar-refractivity contribution in [3.05, 3.63) is 87.3 Å². The highest BCUT2D eigenvalue weighted by Crippen LogP contribution is 2.46. The van der Waals surface area contributed by atoms with Gasteiger partial charge in [0.25, 0.3) is 0 Å². The molecular weight excluding hydrogens is 408 g/mol. The fourth-order valence-electron chi connectivity index (χ4n) is 4.33. The summed E-state index contributed by atoms with van der Waals surface area (Å²) >= 11 is 5.21. The average Bonchev–Trinajstić information content (AvgIpc) is 2.77. The Balaban J connectivity index is 1.51. The van der Waals surface area contributed by atoms with Crippen molar-refractivity contribution in [3.8, 4) is 5.75 Å². The number of Topliss-reactive ketones (excluding diaryl/α,β-unsaturated/α-hetero) is 1. The van der Waals surface area contributed by atoms with E-state index >= 15 is 0 Å². The first-order chi connectivity index (χ1) is 15.1. The third-order valence-electron chi connectivity index (χ3n) is 5.76. The molecule has 0 amide bonds. The number of aromatic nitrogens is 2. The molecular formula is C24H22N4O2S. The molecule has 3 aromatic rings. The number of hydrogen-bond donors (Lipinski definition) is 3. The van der Waals surface area contributed by atoms with Crippen LogP contribution in [0.1, 0.15) is 41.9 Å².